The summed E-state index contributed by atoms with van der Waals surface area (Å²) in [5.74, 6) is -3.99. The van der Waals surface area contributed by atoms with Crippen LogP contribution in [0.1, 0.15) is 18.5 Å². The Morgan fingerprint density at radius 2 is 1.89 bits per heavy atom. The fourth-order valence-corrected chi connectivity index (χ4v) is 2.67. The number of alkyl halides is 5. The van der Waals surface area contributed by atoms with Crippen molar-refractivity contribution in [3.05, 3.63) is 29.8 Å². The molecule has 7 nitrogen and oxygen atoms in total. The molecule has 27 heavy (non-hydrogen) atoms. The van der Waals surface area contributed by atoms with E-state index in [1.807, 2.05) is 0 Å². The number of aliphatic hydroxyl groups is 1. The summed E-state index contributed by atoms with van der Waals surface area (Å²) in [4.78, 5) is 23.9. The van der Waals surface area contributed by atoms with Crippen LogP contribution < -0.4 is 15.4 Å². The third-order valence-corrected chi connectivity index (χ3v) is 3.81. The number of amides is 2. The van der Waals surface area contributed by atoms with Crippen LogP contribution in [0.25, 0.3) is 0 Å². The number of carbonyl (C=O) groups excluding carboxylic acids is 2. The number of benzene rings is 1. The molecular formula is C15H15F5N2O5. The van der Waals surface area contributed by atoms with Crippen molar-refractivity contribution >= 4 is 12.0 Å². The predicted molar refractivity (Wildman–Crippen MR) is 78.6 cm³/mol. The normalized spacial score (nSPS) is 25.6. The van der Waals surface area contributed by atoms with Crippen LogP contribution in [0, 0.1) is 5.92 Å². The lowest BCUT2D eigenvalue weighted by molar-refractivity contribution is -0.294. The Balaban J connectivity index is 2.47. The maximum atomic E-state index is 13.4. The Bertz CT molecular complexity index is 697. The smallest absolute Gasteiger partial charge is 0.437 e. The topological polar surface area (TPSA) is 96.9 Å². The molecule has 0 spiro atoms. The molecule has 2 amide bonds. The van der Waals surface area contributed by atoms with Crippen LogP contribution in [0.2, 0.25) is 0 Å². The quantitative estimate of drug-likeness (QED) is 0.521. The van der Waals surface area contributed by atoms with Crippen LogP contribution in [-0.2, 0) is 9.53 Å². The SMILES string of the molecule is CCOC(=O)[C@H]1[C@@H](c2ccc(OC(F)F)cc2)NC(=O)N[C@@]1(O)C(F)(F)F. The molecule has 3 N–H and O–H groups in total. The van der Waals surface area contributed by atoms with Crippen molar-refractivity contribution in [3.8, 4) is 5.75 Å². The monoisotopic (exact) mass is 398 g/mol. The summed E-state index contributed by atoms with van der Waals surface area (Å²) >= 11 is 0. The molecule has 1 saturated heterocycles. The molecular weight excluding hydrogens is 383 g/mol. The summed E-state index contributed by atoms with van der Waals surface area (Å²) in [5, 5.41) is 13.5. The summed E-state index contributed by atoms with van der Waals surface area (Å²) in [5.41, 5.74) is -3.96. The van der Waals surface area contributed by atoms with Gasteiger partial charge in [0.05, 0.1) is 12.6 Å². The molecule has 2 rings (SSSR count). The highest BCUT2D eigenvalue weighted by atomic mass is 19.4. The van der Waals surface area contributed by atoms with Crippen molar-refractivity contribution in [1.29, 1.82) is 0 Å². The number of carbonyl (C=O) groups is 2. The second kappa shape index (κ2) is 7.55. The maximum absolute atomic E-state index is 13.4. The first-order valence-electron chi connectivity index (χ1n) is 7.58. The lowest BCUT2D eigenvalue weighted by Gasteiger charge is -2.44. The summed E-state index contributed by atoms with van der Waals surface area (Å²) in [6, 6.07) is 1.17. The van der Waals surface area contributed by atoms with Gasteiger partial charge in [-0.2, -0.15) is 22.0 Å². The number of hydrogen-bond acceptors (Lipinski definition) is 5. The molecule has 1 aliphatic heterocycles. The Hall–Kier alpha value is -2.63. The minimum absolute atomic E-state index is 0.0628. The van der Waals surface area contributed by atoms with E-state index in [0.29, 0.717) is 0 Å². The van der Waals surface area contributed by atoms with Gasteiger partial charge in [-0.25, -0.2) is 4.79 Å². The Morgan fingerprint density at radius 1 is 1.30 bits per heavy atom. The number of esters is 1. The van der Waals surface area contributed by atoms with Crippen molar-refractivity contribution in [1.82, 2.24) is 10.6 Å². The average Bonchev–Trinajstić information content (AvgIpc) is 2.53. The van der Waals surface area contributed by atoms with Gasteiger partial charge < -0.3 is 25.2 Å². The number of rotatable bonds is 5. The van der Waals surface area contributed by atoms with Crippen molar-refractivity contribution in [2.45, 2.75) is 31.5 Å². The third-order valence-electron chi connectivity index (χ3n) is 3.81. The highest BCUT2D eigenvalue weighted by Crippen LogP contribution is 2.43. The molecule has 0 radical (unpaired) electrons. The van der Waals surface area contributed by atoms with Gasteiger partial charge in [0, 0.05) is 0 Å². The summed E-state index contributed by atoms with van der Waals surface area (Å²) < 4.78 is 73.5. The van der Waals surface area contributed by atoms with Crippen molar-refractivity contribution in [2.24, 2.45) is 5.92 Å². The van der Waals surface area contributed by atoms with E-state index < -0.39 is 42.5 Å². The summed E-state index contributed by atoms with van der Waals surface area (Å²) in [6.07, 6.45) is -5.40. The molecule has 0 bridgehead atoms. The molecule has 1 heterocycles. The third kappa shape index (κ3) is 4.21. The molecule has 150 valence electrons. The molecule has 0 aromatic heterocycles. The molecule has 3 atom stereocenters. The number of hydrogen-bond donors (Lipinski definition) is 3. The van der Waals surface area contributed by atoms with E-state index in [1.165, 1.54) is 12.2 Å². The number of halogens is 5. The molecule has 12 heteroatoms. The van der Waals surface area contributed by atoms with E-state index in [9.17, 15) is 36.6 Å². The van der Waals surface area contributed by atoms with Gasteiger partial charge >= 0.3 is 24.8 Å². The minimum atomic E-state index is -5.40. The summed E-state index contributed by atoms with van der Waals surface area (Å²) in [6.45, 7) is -2.03. The first-order chi connectivity index (χ1) is 12.5. The minimum Gasteiger partial charge on any atom is -0.466 e. The fraction of sp³-hybridized carbons (Fsp3) is 0.467. The van der Waals surface area contributed by atoms with Crippen molar-refractivity contribution < 1.29 is 46.1 Å². The van der Waals surface area contributed by atoms with E-state index in [0.717, 1.165) is 24.3 Å². The van der Waals surface area contributed by atoms with Crippen LogP contribution in [0.4, 0.5) is 26.7 Å². The van der Waals surface area contributed by atoms with E-state index >= 15 is 0 Å². The number of nitrogens with one attached hydrogen (secondary N) is 2. The Labute approximate surface area is 149 Å². The molecule has 0 saturated carbocycles. The van der Waals surface area contributed by atoms with Crippen molar-refractivity contribution in [3.63, 3.8) is 0 Å². The Morgan fingerprint density at radius 3 is 2.37 bits per heavy atom. The van der Waals surface area contributed by atoms with Gasteiger partial charge in [0.2, 0.25) is 0 Å². The lowest BCUT2D eigenvalue weighted by atomic mass is 9.82. The standard InChI is InChI=1S/C15H15F5N2O5/c1-2-26-11(23)9-10(7-3-5-8(6-4-7)27-12(16)17)21-13(24)22-14(9,25)15(18,19)20/h3-6,9-10,12,25H,2H2,1H3,(H2,21,22,24)/t9-,10-,14+/m1/s1. The van der Waals surface area contributed by atoms with Crippen LogP contribution in [0.15, 0.2) is 24.3 Å². The highest BCUT2D eigenvalue weighted by Gasteiger charge is 2.67. The van der Waals surface area contributed by atoms with Crippen LogP contribution in [-0.4, -0.2) is 42.2 Å². The molecule has 1 fully saturated rings. The average molecular weight is 398 g/mol. The molecule has 0 unspecified atom stereocenters. The zero-order chi connectivity index (χ0) is 20.4. The van der Waals surface area contributed by atoms with Gasteiger partial charge in [0.25, 0.3) is 5.72 Å². The maximum Gasteiger partial charge on any atom is 0.437 e. The second-order valence-corrected chi connectivity index (χ2v) is 5.52. The van der Waals surface area contributed by atoms with Gasteiger partial charge in [-0.1, -0.05) is 12.1 Å². The largest absolute Gasteiger partial charge is 0.466 e. The number of urea groups is 1. The highest BCUT2D eigenvalue weighted by molar-refractivity contribution is 5.83. The van der Waals surface area contributed by atoms with Gasteiger partial charge in [-0.05, 0) is 24.6 Å². The number of ether oxygens (including phenoxy) is 2. The van der Waals surface area contributed by atoms with Crippen molar-refractivity contribution in [2.75, 3.05) is 6.61 Å². The lowest BCUT2D eigenvalue weighted by Crippen LogP contribution is -2.73. The fourth-order valence-electron chi connectivity index (χ4n) is 2.67. The van der Waals surface area contributed by atoms with Gasteiger partial charge in [-0.3, -0.25) is 4.79 Å². The van der Waals surface area contributed by atoms with E-state index in [2.05, 4.69) is 14.8 Å². The van der Waals surface area contributed by atoms with Crippen LogP contribution in [0.3, 0.4) is 0 Å². The molecule has 1 aromatic carbocycles. The zero-order valence-corrected chi connectivity index (χ0v) is 13.7. The molecule has 1 aliphatic rings. The second-order valence-electron chi connectivity index (χ2n) is 5.52. The van der Waals surface area contributed by atoms with E-state index in [1.54, 1.807) is 0 Å². The van der Waals surface area contributed by atoms with Crippen LogP contribution in [0.5, 0.6) is 5.75 Å². The first-order valence-corrected chi connectivity index (χ1v) is 7.58. The Kier molecular flexibility index (Phi) is 5.78. The van der Waals surface area contributed by atoms with Gasteiger partial charge in [0.15, 0.2) is 0 Å². The van der Waals surface area contributed by atoms with Gasteiger partial charge in [-0.15, -0.1) is 0 Å². The van der Waals surface area contributed by atoms with E-state index in [-0.39, 0.29) is 17.9 Å². The molecule has 1 aromatic rings. The summed E-state index contributed by atoms with van der Waals surface area (Å²) in [7, 11) is 0. The van der Waals surface area contributed by atoms with Gasteiger partial charge in [0.1, 0.15) is 11.7 Å². The predicted octanol–water partition coefficient (Wildman–Crippen LogP) is 2.07. The molecule has 0 aliphatic carbocycles. The zero-order valence-electron chi connectivity index (χ0n) is 13.7. The van der Waals surface area contributed by atoms with Crippen LogP contribution >= 0.6 is 0 Å². The van der Waals surface area contributed by atoms with E-state index in [4.69, 9.17) is 0 Å². The first kappa shape index (κ1) is 20.7.